The van der Waals surface area contributed by atoms with E-state index in [2.05, 4.69) is 47.1 Å². The van der Waals surface area contributed by atoms with E-state index in [0.717, 1.165) is 27.5 Å². The van der Waals surface area contributed by atoms with Gasteiger partial charge in [-0.2, -0.15) is 0 Å². The fourth-order valence-electron chi connectivity index (χ4n) is 3.35. The first kappa shape index (κ1) is 22.1. The van der Waals surface area contributed by atoms with Crippen LogP contribution >= 0.6 is 12.2 Å². The number of carbonyl (C=O) groups excluding carboxylic acids is 3. The average molecular weight is 434 g/mol. The topological polar surface area (TPSA) is 87.3 Å². The molecule has 0 saturated carbocycles. The number of rotatable bonds is 7. The minimum absolute atomic E-state index is 0.0321. The summed E-state index contributed by atoms with van der Waals surface area (Å²) in [5, 5.41) is 10.5. The Balaban J connectivity index is 1.71. The van der Waals surface area contributed by atoms with E-state index in [1.165, 1.54) is 0 Å². The molecule has 3 aromatic carbocycles. The maximum atomic E-state index is 11.9. The van der Waals surface area contributed by atoms with Crippen molar-refractivity contribution in [2.24, 2.45) is 0 Å². The van der Waals surface area contributed by atoms with Crippen molar-refractivity contribution in [2.45, 2.75) is 19.5 Å². The number of amides is 2. The zero-order chi connectivity index (χ0) is 22.2. The first-order valence-corrected chi connectivity index (χ1v) is 10.3. The summed E-state index contributed by atoms with van der Waals surface area (Å²) in [4.78, 5) is 34.4. The molecular weight excluding hydrogens is 410 g/mol. The lowest BCUT2D eigenvalue weighted by molar-refractivity contribution is -0.139. The van der Waals surface area contributed by atoms with E-state index in [-0.39, 0.29) is 19.1 Å². The van der Waals surface area contributed by atoms with Gasteiger partial charge in [0.15, 0.2) is 0 Å². The van der Waals surface area contributed by atoms with Crippen molar-refractivity contribution in [2.75, 3.05) is 6.54 Å². The summed E-state index contributed by atoms with van der Waals surface area (Å²) in [5.41, 5.74) is 2.69. The van der Waals surface area contributed by atoms with Crippen molar-refractivity contribution in [1.29, 1.82) is 0 Å². The third kappa shape index (κ3) is 5.52. The van der Waals surface area contributed by atoms with E-state index in [0.29, 0.717) is 11.3 Å². The zero-order valence-corrected chi connectivity index (χ0v) is 17.9. The van der Waals surface area contributed by atoms with Crippen molar-refractivity contribution in [3.05, 3.63) is 83.4 Å². The Bertz CT molecular complexity index is 1120. The van der Waals surface area contributed by atoms with E-state index >= 15 is 0 Å². The third-order valence-electron chi connectivity index (χ3n) is 4.89. The molecule has 0 aliphatic rings. The summed E-state index contributed by atoms with van der Waals surface area (Å²) < 4.78 is 0. The van der Waals surface area contributed by atoms with Crippen molar-refractivity contribution in [3.8, 4) is 0 Å². The van der Waals surface area contributed by atoms with Crippen LogP contribution in [0.1, 0.15) is 29.7 Å². The molecule has 2 amide bonds. The SMILES string of the molecule is C[C@@H](NC(=S)c1ccccc1CNC(=O)C(=O)NCC=O)c1cccc2ccccc12. The van der Waals surface area contributed by atoms with Gasteiger partial charge < -0.3 is 20.7 Å². The molecule has 0 saturated heterocycles. The van der Waals surface area contributed by atoms with Crippen LogP contribution in [0.4, 0.5) is 0 Å². The molecule has 0 fully saturated rings. The molecule has 6 nitrogen and oxygen atoms in total. The molecule has 0 unspecified atom stereocenters. The van der Waals surface area contributed by atoms with Crippen LogP contribution in [0.25, 0.3) is 10.8 Å². The van der Waals surface area contributed by atoms with Crippen LogP contribution in [0.2, 0.25) is 0 Å². The lowest BCUT2D eigenvalue weighted by atomic mass is 9.99. The molecule has 0 aliphatic carbocycles. The minimum atomic E-state index is -0.852. The fourth-order valence-corrected chi connectivity index (χ4v) is 3.72. The molecule has 3 aromatic rings. The van der Waals surface area contributed by atoms with Gasteiger partial charge in [0.2, 0.25) is 0 Å². The Kier molecular flexibility index (Phi) is 7.45. The summed E-state index contributed by atoms with van der Waals surface area (Å²) in [5.74, 6) is -1.66. The maximum Gasteiger partial charge on any atom is 0.309 e. The molecule has 0 radical (unpaired) electrons. The second-order valence-electron chi connectivity index (χ2n) is 6.98. The largest absolute Gasteiger partial charge is 0.369 e. The molecule has 1 atom stereocenters. The highest BCUT2D eigenvalue weighted by atomic mass is 32.1. The standard InChI is InChI=1S/C24H23N3O3S/c1-16(19-12-6-9-17-7-2-4-10-20(17)19)27-24(31)21-11-5-3-8-18(21)15-26-23(30)22(29)25-13-14-28/h2-12,14,16H,13,15H2,1H3,(H,25,29)(H,26,30)(H,27,31)/t16-/m1/s1. The highest BCUT2D eigenvalue weighted by Gasteiger charge is 2.16. The zero-order valence-electron chi connectivity index (χ0n) is 17.1. The van der Waals surface area contributed by atoms with Crippen molar-refractivity contribution in [1.82, 2.24) is 16.0 Å². The molecule has 0 spiro atoms. The Labute approximate surface area is 186 Å². The predicted molar refractivity (Wildman–Crippen MR) is 125 cm³/mol. The van der Waals surface area contributed by atoms with Crippen LogP contribution < -0.4 is 16.0 Å². The Morgan fingerprint density at radius 2 is 1.61 bits per heavy atom. The van der Waals surface area contributed by atoms with Gasteiger partial charge in [0.05, 0.1) is 6.54 Å². The molecule has 31 heavy (non-hydrogen) atoms. The number of carbonyl (C=O) groups is 3. The number of hydrogen-bond acceptors (Lipinski definition) is 4. The van der Waals surface area contributed by atoms with E-state index in [1.807, 2.05) is 42.5 Å². The second kappa shape index (κ2) is 10.4. The number of benzene rings is 3. The normalized spacial score (nSPS) is 11.4. The van der Waals surface area contributed by atoms with Crippen LogP contribution in [-0.4, -0.2) is 29.6 Å². The summed E-state index contributed by atoms with van der Waals surface area (Å²) in [6.07, 6.45) is 0.516. The van der Waals surface area contributed by atoms with Crippen LogP contribution in [0.5, 0.6) is 0 Å². The molecule has 158 valence electrons. The van der Waals surface area contributed by atoms with Crippen molar-refractivity contribution < 1.29 is 14.4 Å². The quantitative estimate of drug-likeness (QED) is 0.303. The van der Waals surface area contributed by atoms with Crippen molar-refractivity contribution >= 4 is 46.1 Å². The number of hydrogen-bond donors (Lipinski definition) is 3. The smallest absolute Gasteiger partial charge is 0.309 e. The summed E-state index contributed by atoms with van der Waals surface area (Å²) in [6.45, 7) is 1.98. The van der Waals surface area contributed by atoms with E-state index < -0.39 is 11.8 Å². The number of fused-ring (bicyclic) bond motifs is 1. The highest BCUT2D eigenvalue weighted by molar-refractivity contribution is 7.80. The first-order valence-electron chi connectivity index (χ1n) is 9.87. The molecule has 3 N–H and O–H groups in total. The predicted octanol–water partition coefficient (Wildman–Crippen LogP) is 2.80. The van der Waals surface area contributed by atoms with E-state index in [9.17, 15) is 14.4 Å². The summed E-state index contributed by atoms with van der Waals surface area (Å²) >= 11 is 5.65. The Morgan fingerprint density at radius 3 is 2.42 bits per heavy atom. The Morgan fingerprint density at radius 1 is 0.935 bits per heavy atom. The van der Waals surface area contributed by atoms with Crippen molar-refractivity contribution in [3.63, 3.8) is 0 Å². The fraction of sp³-hybridized carbons (Fsp3) is 0.167. The van der Waals surface area contributed by atoms with Gasteiger partial charge in [-0.1, -0.05) is 78.9 Å². The van der Waals surface area contributed by atoms with Gasteiger partial charge in [0, 0.05) is 18.2 Å². The van der Waals surface area contributed by atoms with Gasteiger partial charge in [-0.15, -0.1) is 0 Å². The van der Waals surface area contributed by atoms with Crippen LogP contribution in [0.3, 0.4) is 0 Å². The first-order chi connectivity index (χ1) is 15.0. The van der Waals surface area contributed by atoms with Crippen LogP contribution in [-0.2, 0) is 20.9 Å². The van der Waals surface area contributed by atoms with Gasteiger partial charge in [0.25, 0.3) is 0 Å². The lowest BCUT2D eigenvalue weighted by Gasteiger charge is -2.20. The number of thiocarbonyl (C=S) groups is 1. The molecule has 0 bridgehead atoms. The molecule has 0 aromatic heterocycles. The van der Waals surface area contributed by atoms with Crippen LogP contribution in [0, 0.1) is 0 Å². The monoisotopic (exact) mass is 433 g/mol. The number of aldehydes is 1. The molecule has 7 heteroatoms. The third-order valence-corrected chi connectivity index (χ3v) is 5.23. The van der Waals surface area contributed by atoms with Gasteiger partial charge in [0.1, 0.15) is 11.3 Å². The van der Waals surface area contributed by atoms with Gasteiger partial charge in [-0.05, 0) is 28.8 Å². The van der Waals surface area contributed by atoms with Gasteiger partial charge in [-0.25, -0.2) is 0 Å². The van der Waals surface area contributed by atoms with Gasteiger partial charge in [-0.3, -0.25) is 9.59 Å². The lowest BCUT2D eigenvalue weighted by Crippen LogP contribution is -2.40. The molecule has 0 heterocycles. The van der Waals surface area contributed by atoms with E-state index in [4.69, 9.17) is 12.2 Å². The van der Waals surface area contributed by atoms with E-state index in [1.54, 1.807) is 0 Å². The molecule has 0 aliphatic heterocycles. The highest BCUT2D eigenvalue weighted by Crippen LogP contribution is 2.24. The molecular formula is C24H23N3O3S. The van der Waals surface area contributed by atoms with Gasteiger partial charge >= 0.3 is 11.8 Å². The maximum absolute atomic E-state index is 11.9. The van der Waals surface area contributed by atoms with Crippen LogP contribution in [0.15, 0.2) is 66.7 Å². The average Bonchev–Trinajstić information content (AvgIpc) is 2.80. The summed E-state index contributed by atoms with van der Waals surface area (Å²) in [6, 6.07) is 21.8. The minimum Gasteiger partial charge on any atom is -0.369 e. The second-order valence-corrected chi connectivity index (χ2v) is 7.39. The summed E-state index contributed by atoms with van der Waals surface area (Å²) in [7, 11) is 0. The number of nitrogens with one attached hydrogen (secondary N) is 3. The Hall–Kier alpha value is -3.58. The molecule has 3 rings (SSSR count).